The van der Waals surface area contributed by atoms with E-state index in [0.29, 0.717) is 5.76 Å². The molecule has 1 atom stereocenters. The van der Waals surface area contributed by atoms with E-state index in [1.807, 2.05) is 50.2 Å². The zero-order valence-corrected chi connectivity index (χ0v) is 14.1. The third kappa shape index (κ3) is 4.41. The highest BCUT2D eigenvalue weighted by molar-refractivity contribution is 5.91. The Hall–Kier alpha value is -3.21. The molecule has 1 amide bonds. The Morgan fingerprint density at radius 2 is 1.80 bits per heavy atom. The van der Waals surface area contributed by atoms with Gasteiger partial charge in [0.1, 0.15) is 17.8 Å². The lowest BCUT2D eigenvalue weighted by atomic mass is 10.0. The van der Waals surface area contributed by atoms with Crippen molar-refractivity contribution in [3.8, 4) is 11.1 Å². The summed E-state index contributed by atoms with van der Waals surface area (Å²) in [5.74, 6) is 1.31. The quantitative estimate of drug-likeness (QED) is 0.718. The fourth-order valence-electron chi connectivity index (χ4n) is 2.46. The van der Waals surface area contributed by atoms with E-state index in [4.69, 9.17) is 4.42 Å². The smallest absolute Gasteiger partial charge is 0.244 e. The third-order valence-electron chi connectivity index (χ3n) is 3.82. The number of nitrogens with one attached hydrogen (secondary N) is 1. The SMILES string of the molecule is Cc1ccc(/C=C\C(=O)N[C@H](C)c2ccc(-c3cncnc3)cc2)o1. The van der Waals surface area contributed by atoms with Crippen LogP contribution in [0.5, 0.6) is 0 Å². The maximum absolute atomic E-state index is 12.0. The molecule has 3 rings (SSSR count). The number of furan rings is 1. The summed E-state index contributed by atoms with van der Waals surface area (Å²) in [6.07, 6.45) is 8.19. The van der Waals surface area contributed by atoms with E-state index in [2.05, 4.69) is 15.3 Å². The fraction of sp³-hybridized carbons (Fsp3) is 0.150. The summed E-state index contributed by atoms with van der Waals surface area (Å²) >= 11 is 0. The van der Waals surface area contributed by atoms with Crippen LogP contribution in [0.4, 0.5) is 0 Å². The average Bonchev–Trinajstić information content (AvgIpc) is 3.06. The molecular weight excluding hydrogens is 314 g/mol. The summed E-state index contributed by atoms with van der Waals surface area (Å²) in [6, 6.07) is 11.6. The van der Waals surface area contributed by atoms with Gasteiger partial charge in [-0.15, -0.1) is 0 Å². The van der Waals surface area contributed by atoms with Gasteiger partial charge in [-0.2, -0.15) is 0 Å². The van der Waals surface area contributed by atoms with Gasteiger partial charge in [-0.05, 0) is 43.2 Å². The molecule has 0 unspecified atom stereocenters. The first-order valence-electron chi connectivity index (χ1n) is 8.02. The average molecular weight is 333 g/mol. The van der Waals surface area contributed by atoms with Crippen LogP contribution in [-0.4, -0.2) is 15.9 Å². The van der Waals surface area contributed by atoms with Gasteiger partial charge in [0.25, 0.3) is 0 Å². The molecule has 5 nitrogen and oxygen atoms in total. The molecule has 0 saturated carbocycles. The standard InChI is InChI=1S/C20H19N3O2/c1-14-3-8-19(25-14)9-10-20(24)23-15(2)16-4-6-17(7-5-16)18-11-21-13-22-12-18/h3-13,15H,1-2H3,(H,23,24)/b10-9-/t15-/m1/s1. The van der Waals surface area contributed by atoms with Gasteiger partial charge in [-0.25, -0.2) is 9.97 Å². The van der Waals surface area contributed by atoms with E-state index in [1.54, 1.807) is 18.5 Å². The number of aryl methyl sites for hydroxylation is 1. The Morgan fingerprint density at radius 3 is 2.44 bits per heavy atom. The number of carbonyl (C=O) groups excluding carboxylic acids is 1. The maximum Gasteiger partial charge on any atom is 0.244 e. The monoisotopic (exact) mass is 333 g/mol. The number of aromatic nitrogens is 2. The predicted molar refractivity (Wildman–Crippen MR) is 96.5 cm³/mol. The Balaban J connectivity index is 1.62. The lowest BCUT2D eigenvalue weighted by Crippen LogP contribution is -2.24. The van der Waals surface area contributed by atoms with Crippen LogP contribution in [-0.2, 0) is 4.79 Å². The number of hydrogen-bond acceptors (Lipinski definition) is 4. The van der Waals surface area contributed by atoms with Crippen LogP contribution in [0.15, 0.2) is 65.6 Å². The van der Waals surface area contributed by atoms with Gasteiger partial charge in [0.2, 0.25) is 5.91 Å². The van der Waals surface area contributed by atoms with Gasteiger partial charge in [0.05, 0.1) is 6.04 Å². The van der Waals surface area contributed by atoms with Crippen LogP contribution in [0.25, 0.3) is 17.2 Å². The Bertz CT molecular complexity index is 867. The first kappa shape index (κ1) is 16.6. The topological polar surface area (TPSA) is 68.0 Å². The first-order chi connectivity index (χ1) is 12.1. The minimum atomic E-state index is -0.165. The number of nitrogens with zero attached hydrogens (tertiary/aromatic N) is 2. The van der Waals surface area contributed by atoms with Gasteiger partial charge in [0, 0.05) is 24.0 Å². The maximum atomic E-state index is 12.0. The number of carbonyl (C=O) groups is 1. The molecule has 0 bridgehead atoms. The minimum Gasteiger partial charge on any atom is -0.462 e. The van der Waals surface area contributed by atoms with Crippen LogP contribution >= 0.6 is 0 Å². The van der Waals surface area contributed by atoms with Gasteiger partial charge in [-0.1, -0.05) is 24.3 Å². The van der Waals surface area contributed by atoms with E-state index >= 15 is 0 Å². The summed E-state index contributed by atoms with van der Waals surface area (Å²) in [5.41, 5.74) is 3.02. The molecule has 3 aromatic rings. The second kappa shape index (κ2) is 7.57. The molecule has 0 spiro atoms. The third-order valence-corrected chi connectivity index (χ3v) is 3.82. The van der Waals surface area contributed by atoms with Gasteiger partial charge < -0.3 is 9.73 Å². The van der Waals surface area contributed by atoms with E-state index in [-0.39, 0.29) is 11.9 Å². The van der Waals surface area contributed by atoms with Crippen molar-refractivity contribution in [3.05, 3.63) is 78.3 Å². The second-order valence-electron chi connectivity index (χ2n) is 5.76. The lowest BCUT2D eigenvalue weighted by Gasteiger charge is -2.13. The Labute approximate surface area is 146 Å². The summed E-state index contributed by atoms with van der Waals surface area (Å²) < 4.78 is 5.40. The highest BCUT2D eigenvalue weighted by Gasteiger charge is 2.08. The molecule has 0 aliphatic carbocycles. The molecule has 25 heavy (non-hydrogen) atoms. The molecule has 126 valence electrons. The largest absolute Gasteiger partial charge is 0.462 e. The predicted octanol–water partition coefficient (Wildman–Crippen LogP) is 3.94. The van der Waals surface area contributed by atoms with Gasteiger partial charge >= 0.3 is 0 Å². The number of hydrogen-bond donors (Lipinski definition) is 1. The summed E-state index contributed by atoms with van der Waals surface area (Å²) in [7, 11) is 0. The molecule has 2 heterocycles. The fourth-order valence-corrected chi connectivity index (χ4v) is 2.46. The molecule has 5 heteroatoms. The molecule has 0 aliphatic rings. The highest BCUT2D eigenvalue weighted by atomic mass is 16.3. The van der Waals surface area contributed by atoms with Gasteiger partial charge in [-0.3, -0.25) is 4.79 Å². The van der Waals surface area contributed by atoms with Crippen molar-refractivity contribution in [2.24, 2.45) is 0 Å². The number of amides is 1. The molecule has 0 radical (unpaired) electrons. The van der Waals surface area contributed by atoms with Crippen molar-refractivity contribution >= 4 is 12.0 Å². The van der Waals surface area contributed by atoms with Crippen molar-refractivity contribution in [1.29, 1.82) is 0 Å². The highest BCUT2D eigenvalue weighted by Crippen LogP contribution is 2.20. The summed E-state index contributed by atoms with van der Waals surface area (Å²) in [6.45, 7) is 3.81. The summed E-state index contributed by atoms with van der Waals surface area (Å²) in [5, 5.41) is 2.94. The molecular formula is C20H19N3O2. The normalized spacial score (nSPS) is 12.2. The van der Waals surface area contributed by atoms with Gasteiger partial charge in [0.15, 0.2) is 0 Å². The summed E-state index contributed by atoms with van der Waals surface area (Å²) in [4.78, 5) is 20.1. The molecule has 0 saturated heterocycles. The van der Waals surface area contributed by atoms with Crippen LogP contribution in [0.1, 0.15) is 30.0 Å². The van der Waals surface area contributed by atoms with Crippen molar-refractivity contribution < 1.29 is 9.21 Å². The van der Waals surface area contributed by atoms with Crippen LogP contribution in [0, 0.1) is 6.92 Å². The second-order valence-corrected chi connectivity index (χ2v) is 5.76. The number of rotatable bonds is 5. The zero-order chi connectivity index (χ0) is 17.6. The van der Waals surface area contributed by atoms with E-state index in [0.717, 1.165) is 22.5 Å². The van der Waals surface area contributed by atoms with Crippen molar-refractivity contribution in [2.75, 3.05) is 0 Å². The van der Waals surface area contributed by atoms with Crippen molar-refractivity contribution in [1.82, 2.24) is 15.3 Å². The van der Waals surface area contributed by atoms with Crippen LogP contribution < -0.4 is 5.32 Å². The van der Waals surface area contributed by atoms with E-state index in [1.165, 1.54) is 12.4 Å². The van der Waals surface area contributed by atoms with E-state index in [9.17, 15) is 4.79 Å². The van der Waals surface area contributed by atoms with Crippen LogP contribution in [0.2, 0.25) is 0 Å². The van der Waals surface area contributed by atoms with Crippen molar-refractivity contribution in [3.63, 3.8) is 0 Å². The van der Waals surface area contributed by atoms with Crippen molar-refractivity contribution in [2.45, 2.75) is 19.9 Å². The number of benzene rings is 1. The Kier molecular flexibility index (Phi) is 5.04. The zero-order valence-electron chi connectivity index (χ0n) is 14.1. The van der Waals surface area contributed by atoms with E-state index < -0.39 is 0 Å². The first-order valence-corrected chi connectivity index (χ1v) is 8.02. The molecule has 2 aromatic heterocycles. The molecule has 1 N–H and O–H groups in total. The molecule has 0 fully saturated rings. The minimum absolute atomic E-state index is 0.100. The van der Waals surface area contributed by atoms with Crippen LogP contribution in [0.3, 0.4) is 0 Å². The molecule has 0 aliphatic heterocycles. The molecule has 1 aromatic carbocycles. The lowest BCUT2D eigenvalue weighted by molar-refractivity contribution is -0.117. The Morgan fingerprint density at radius 1 is 1.08 bits per heavy atom.